The van der Waals surface area contributed by atoms with Crippen LogP contribution in [0.15, 0.2) is 34.9 Å². The summed E-state index contributed by atoms with van der Waals surface area (Å²) in [5, 5.41) is 11.5. The van der Waals surface area contributed by atoms with Crippen molar-refractivity contribution in [3.8, 4) is 22.4 Å². The maximum atomic E-state index is 6.19. The van der Waals surface area contributed by atoms with Gasteiger partial charge in [-0.05, 0) is 24.6 Å². The van der Waals surface area contributed by atoms with Gasteiger partial charge in [-0.3, -0.25) is 9.78 Å². The molecule has 0 aliphatic heterocycles. The first kappa shape index (κ1) is 12.9. The van der Waals surface area contributed by atoms with Gasteiger partial charge in [-0.1, -0.05) is 28.1 Å². The number of H-pyrrole nitrogens is 1. The molecule has 0 spiro atoms. The Labute approximate surface area is 124 Å². The zero-order valence-electron chi connectivity index (χ0n) is 11.2. The molecule has 0 aliphatic rings. The summed E-state index contributed by atoms with van der Waals surface area (Å²) in [6.07, 6.45) is 1.78. The number of nitrogens with zero attached hydrogens (tertiary/aromatic N) is 3. The Kier molecular flexibility index (Phi) is 3.10. The lowest BCUT2D eigenvalue weighted by Gasteiger charge is -2.04. The molecule has 20 heavy (non-hydrogen) atoms. The SMILES string of the molecule is Cc1[nH]ncc1-c1nn(C)c(N)c1-c1ccc(Br)cc1. The molecule has 0 bridgehead atoms. The molecule has 1 aromatic carbocycles. The summed E-state index contributed by atoms with van der Waals surface area (Å²) in [7, 11) is 1.84. The van der Waals surface area contributed by atoms with E-state index < -0.39 is 0 Å². The van der Waals surface area contributed by atoms with Gasteiger partial charge >= 0.3 is 0 Å². The van der Waals surface area contributed by atoms with E-state index >= 15 is 0 Å². The van der Waals surface area contributed by atoms with E-state index in [1.807, 2.05) is 38.2 Å². The van der Waals surface area contributed by atoms with Gasteiger partial charge in [0.2, 0.25) is 0 Å². The van der Waals surface area contributed by atoms with Crippen molar-refractivity contribution in [3.05, 3.63) is 40.6 Å². The van der Waals surface area contributed by atoms with Crippen molar-refractivity contribution in [2.24, 2.45) is 7.05 Å². The number of anilines is 1. The number of rotatable bonds is 2. The number of aryl methyl sites for hydroxylation is 2. The van der Waals surface area contributed by atoms with Crippen LogP contribution in [0.5, 0.6) is 0 Å². The minimum atomic E-state index is 0.642. The van der Waals surface area contributed by atoms with E-state index in [0.29, 0.717) is 5.82 Å². The number of aromatic nitrogens is 4. The van der Waals surface area contributed by atoms with E-state index in [0.717, 1.165) is 32.6 Å². The summed E-state index contributed by atoms with van der Waals surface area (Å²) in [6, 6.07) is 8.04. The third-order valence-corrected chi connectivity index (χ3v) is 3.84. The van der Waals surface area contributed by atoms with Gasteiger partial charge in [0.15, 0.2) is 0 Å². The number of nitrogens with one attached hydrogen (secondary N) is 1. The fourth-order valence-corrected chi connectivity index (χ4v) is 2.48. The maximum absolute atomic E-state index is 6.19. The molecular weight excluding hydrogens is 318 g/mol. The summed E-state index contributed by atoms with van der Waals surface area (Å²) in [5.41, 5.74) is 10.9. The summed E-state index contributed by atoms with van der Waals surface area (Å²) in [4.78, 5) is 0. The van der Waals surface area contributed by atoms with Crippen molar-refractivity contribution in [2.45, 2.75) is 6.92 Å². The second-order valence-corrected chi connectivity index (χ2v) is 5.56. The molecule has 3 rings (SSSR count). The molecule has 0 saturated heterocycles. The molecule has 2 heterocycles. The molecule has 0 aliphatic carbocycles. The van der Waals surface area contributed by atoms with E-state index in [-0.39, 0.29) is 0 Å². The molecule has 3 N–H and O–H groups in total. The zero-order valence-corrected chi connectivity index (χ0v) is 12.8. The average Bonchev–Trinajstić information content (AvgIpc) is 2.96. The molecule has 0 unspecified atom stereocenters. The van der Waals surface area contributed by atoms with Crippen molar-refractivity contribution >= 4 is 21.7 Å². The smallest absolute Gasteiger partial charge is 0.129 e. The summed E-state index contributed by atoms with van der Waals surface area (Å²) < 4.78 is 2.73. The normalized spacial score (nSPS) is 10.9. The number of halogens is 1. The average molecular weight is 332 g/mol. The van der Waals surface area contributed by atoms with Crippen molar-refractivity contribution in [1.82, 2.24) is 20.0 Å². The highest BCUT2D eigenvalue weighted by Crippen LogP contribution is 2.36. The fourth-order valence-electron chi connectivity index (χ4n) is 2.22. The molecule has 0 saturated carbocycles. The highest BCUT2D eigenvalue weighted by Gasteiger charge is 2.19. The van der Waals surface area contributed by atoms with Gasteiger partial charge in [-0.25, -0.2) is 0 Å². The lowest BCUT2D eigenvalue weighted by atomic mass is 10.0. The van der Waals surface area contributed by atoms with E-state index in [2.05, 4.69) is 31.2 Å². The molecule has 5 nitrogen and oxygen atoms in total. The van der Waals surface area contributed by atoms with Gasteiger partial charge in [0.05, 0.1) is 11.8 Å². The van der Waals surface area contributed by atoms with Crippen LogP contribution in [-0.2, 0) is 7.05 Å². The van der Waals surface area contributed by atoms with E-state index in [4.69, 9.17) is 5.73 Å². The minimum absolute atomic E-state index is 0.642. The molecule has 0 amide bonds. The van der Waals surface area contributed by atoms with Gasteiger partial charge in [-0.15, -0.1) is 0 Å². The van der Waals surface area contributed by atoms with Crippen molar-refractivity contribution in [3.63, 3.8) is 0 Å². The van der Waals surface area contributed by atoms with E-state index in [9.17, 15) is 0 Å². The van der Waals surface area contributed by atoms with Crippen LogP contribution in [0.25, 0.3) is 22.4 Å². The van der Waals surface area contributed by atoms with Crippen molar-refractivity contribution < 1.29 is 0 Å². The summed E-state index contributed by atoms with van der Waals surface area (Å²) in [6.45, 7) is 1.97. The highest BCUT2D eigenvalue weighted by atomic mass is 79.9. The standard InChI is InChI=1S/C14H14BrN5/c1-8-11(7-17-18-8)13-12(14(16)20(2)19-13)9-3-5-10(15)6-4-9/h3-7H,16H2,1-2H3,(H,17,18). The summed E-state index contributed by atoms with van der Waals surface area (Å²) in [5.74, 6) is 0.642. The Morgan fingerprint density at radius 2 is 1.95 bits per heavy atom. The quantitative estimate of drug-likeness (QED) is 0.757. The Bertz CT molecular complexity index is 754. The lowest BCUT2D eigenvalue weighted by Crippen LogP contribution is -1.97. The van der Waals surface area contributed by atoms with Gasteiger partial charge in [0.25, 0.3) is 0 Å². The molecule has 2 aromatic heterocycles. The van der Waals surface area contributed by atoms with Crippen LogP contribution in [0.3, 0.4) is 0 Å². The van der Waals surface area contributed by atoms with Gasteiger partial charge in [-0.2, -0.15) is 10.2 Å². The van der Waals surface area contributed by atoms with Gasteiger partial charge in [0, 0.05) is 22.8 Å². The second kappa shape index (κ2) is 4.79. The molecule has 3 aromatic rings. The minimum Gasteiger partial charge on any atom is -0.383 e. The predicted molar refractivity (Wildman–Crippen MR) is 83.1 cm³/mol. The number of hydrogen-bond acceptors (Lipinski definition) is 3. The first-order valence-electron chi connectivity index (χ1n) is 6.16. The van der Waals surface area contributed by atoms with Gasteiger partial charge in [0.1, 0.15) is 11.5 Å². The predicted octanol–water partition coefficient (Wildman–Crippen LogP) is 3.13. The third kappa shape index (κ3) is 2.02. The van der Waals surface area contributed by atoms with Crippen LogP contribution in [0.4, 0.5) is 5.82 Å². The number of hydrogen-bond donors (Lipinski definition) is 2. The van der Waals surface area contributed by atoms with Crippen LogP contribution < -0.4 is 5.73 Å². The molecule has 0 atom stereocenters. The molecule has 0 fully saturated rings. The summed E-state index contributed by atoms with van der Waals surface area (Å²) >= 11 is 3.44. The lowest BCUT2D eigenvalue weighted by molar-refractivity contribution is 0.782. The monoisotopic (exact) mass is 331 g/mol. The zero-order chi connectivity index (χ0) is 14.3. The maximum Gasteiger partial charge on any atom is 0.129 e. The Morgan fingerprint density at radius 3 is 2.55 bits per heavy atom. The van der Waals surface area contributed by atoms with Crippen molar-refractivity contribution in [1.29, 1.82) is 0 Å². The molecule has 0 radical (unpaired) electrons. The number of nitrogens with two attached hydrogens (primary N) is 1. The molecular formula is C14H14BrN5. The number of nitrogen functional groups attached to an aromatic ring is 1. The highest BCUT2D eigenvalue weighted by molar-refractivity contribution is 9.10. The Balaban J connectivity index is 2.25. The number of benzene rings is 1. The van der Waals surface area contributed by atoms with E-state index in [1.54, 1.807) is 10.9 Å². The van der Waals surface area contributed by atoms with Crippen LogP contribution >= 0.6 is 15.9 Å². The van der Waals surface area contributed by atoms with Crippen molar-refractivity contribution in [2.75, 3.05) is 5.73 Å². The van der Waals surface area contributed by atoms with Crippen LogP contribution in [0.1, 0.15) is 5.69 Å². The van der Waals surface area contributed by atoms with Gasteiger partial charge < -0.3 is 5.73 Å². The number of aromatic amines is 1. The first-order chi connectivity index (χ1) is 9.58. The van der Waals surface area contributed by atoms with E-state index in [1.165, 1.54) is 0 Å². The third-order valence-electron chi connectivity index (χ3n) is 3.31. The molecule has 6 heteroatoms. The van der Waals surface area contributed by atoms with Crippen LogP contribution in [-0.4, -0.2) is 20.0 Å². The Morgan fingerprint density at radius 1 is 1.25 bits per heavy atom. The van der Waals surface area contributed by atoms with Crippen LogP contribution in [0.2, 0.25) is 0 Å². The second-order valence-electron chi connectivity index (χ2n) is 4.65. The largest absolute Gasteiger partial charge is 0.383 e. The topological polar surface area (TPSA) is 72.5 Å². The Hall–Kier alpha value is -2.08. The first-order valence-corrected chi connectivity index (χ1v) is 6.96. The van der Waals surface area contributed by atoms with Crippen LogP contribution in [0, 0.1) is 6.92 Å². The molecule has 102 valence electrons. The fraction of sp³-hybridized carbons (Fsp3) is 0.143.